The van der Waals surface area contributed by atoms with Crippen LogP contribution in [0.2, 0.25) is 5.02 Å². The van der Waals surface area contributed by atoms with Crippen LogP contribution in [-0.4, -0.2) is 6.54 Å². The summed E-state index contributed by atoms with van der Waals surface area (Å²) in [5, 5.41) is 3.91. The molecule has 0 aliphatic rings. The van der Waals surface area contributed by atoms with Gasteiger partial charge in [0.1, 0.15) is 18.2 Å². The third-order valence-corrected chi connectivity index (χ3v) is 3.68. The fourth-order valence-electron chi connectivity index (χ4n) is 2.05. The van der Waals surface area contributed by atoms with E-state index in [-0.39, 0.29) is 5.82 Å². The van der Waals surface area contributed by atoms with Crippen LogP contribution in [0.15, 0.2) is 36.4 Å². The van der Waals surface area contributed by atoms with Crippen molar-refractivity contribution in [3.63, 3.8) is 0 Å². The lowest BCUT2D eigenvalue weighted by Crippen LogP contribution is -2.13. The topological polar surface area (TPSA) is 21.3 Å². The van der Waals surface area contributed by atoms with Gasteiger partial charge in [-0.1, -0.05) is 30.7 Å². The molecule has 1 N–H and O–H groups in total. The first-order chi connectivity index (χ1) is 10.1. The van der Waals surface area contributed by atoms with Gasteiger partial charge in [0.25, 0.3) is 0 Å². The molecule has 2 aromatic rings. The van der Waals surface area contributed by atoms with Crippen molar-refractivity contribution < 1.29 is 9.13 Å². The van der Waals surface area contributed by atoms with Crippen LogP contribution >= 0.6 is 11.6 Å². The molecule has 0 aromatic heterocycles. The van der Waals surface area contributed by atoms with Crippen LogP contribution in [0.3, 0.4) is 0 Å². The first kappa shape index (κ1) is 15.8. The summed E-state index contributed by atoms with van der Waals surface area (Å²) < 4.78 is 19.1. The Morgan fingerprint density at radius 3 is 2.81 bits per heavy atom. The van der Waals surface area contributed by atoms with Crippen LogP contribution in [-0.2, 0) is 13.2 Å². The quantitative estimate of drug-likeness (QED) is 0.850. The standard InChI is InChI=1S/C17H19ClFNO/c1-3-20-10-15-16(18)5-4-6-17(15)21-11-13-9-14(19)8-7-12(13)2/h4-9,20H,3,10-11H2,1-2H3. The van der Waals surface area contributed by atoms with E-state index in [1.165, 1.54) is 12.1 Å². The summed E-state index contributed by atoms with van der Waals surface area (Å²) in [6, 6.07) is 10.3. The third-order valence-electron chi connectivity index (χ3n) is 3.32. The highest BCUT2D eigenvalue weighted by atomic mass is 35.5. The Balaban J connectivity index is 2.16. The van der Waals surface area contributed by atoms with Gasteiger partial charge in [0.15, 0.2) is 0 Å². The van der Waals surface area contributed by atoms with Crippen molar-refractivity contribution >= 4 is 11.6 Å². The second-order valence-electron chi connectivity index (χ2n) is 4.86. The molecule has 2 nitrogen and oxygen atoms in total. The Hall–Kier alpha value is -1.58. The number of benzene rings is 2. The summed E-state index contributed by atoms with van der Waals surface area (Å²) >= 11 is 6.22. The van der Waals surface area contributed by atoms with E-state index in [2.05, 4.69) is 5.32 Å². The summed E-state index contributed by atoms with van der Waals surface area (Å²) in [5.74, 6) is 0.477. The average Bonchev–Trinajstić information content (AvgIpc) is 2.47. The largest absolute Gasteiger partial charge is 0.489 e. The summed E-state index contributed by atoms with van der Waals surface area (Å²) in [6.45, 7) is 5.80. The van der Waals surface area contributed by atoms with Crippen molar-refractivity contribution in [1.82, 2.24) is 5.32 Å². The lowest BCUT2D eigenvalue weighted by molar-refractivity contribution is 0.301. The van der Waals surface area contributed by atoms with Gasteiger partial charge >= 0.3 is 0 Å². The molecule has 0 heterocycles. The molecule has 2 aromatic carbocycles. The second kappa shape index (κ2) is 7.43. The van der Waals surface area contributed by atoms with E-state index in [0.717, 1.165) is 29.0 Å². The molecule has 21 heavy (non-hydrogen) atoms. The molecule has 0 fully saturated rings. The summed E-state index contributed by atoms with van der Waals surface area (Å²) in [5.41, 5.74) is 2.77. The fourth-order valence-corrected chi connectivity index (χ4v) is 2.28. The van der Waals surface area contributed by atoms with Crippen molar-refractivity contribution in [2.75, 3.05) is 6.54 Å². The van der Waals surface area contributed by atoms with E-state index in [1.807, 2.05) is 32.0 Å². The van der Waals surface area contributed by atoms with Crippen molar-refractivity contribution in [2.45, 2.75) is 27.0 Å². The molecule has 0 amide bonds. The summed E-state index contributed by atoms with van der Waals surface area (Å²) in [4.78, 5) is 0. The van der Waals surface area contributed by atoms with Crippen molar-refractivity contribution in [1.29, 1.82) is 0 Å². The highest BCUT2D eigenvalue weighted by Gasteiger charge is 2.09. The predicted molar refractivity (Wildman–Crippen MR) is 84.3 cm³/mol. The molecule has 0 aliphatic carbocycles. The van der Waals surface area contributed by atoms with Gasteiger partial charge in [0.2, 0.25) is 0 Å². The molecule has 0 radical (unpaired) electrons. The van der Waals surface area contributed by atoms with Gasteiger partial charge in [0, 0.05) is 17.1 Å². The normalized spacial score (nSPS) is 10.7. The van der Waals surface area contributed by atoms with Crippen LogP contribution in [0.1, 0.15) is 23.6 Å². The maximum atomic E-state index is 13.3. The molecule has 4 heteroatoms. The maximum Gasteiger partial charge on any atom is 0.125 e. The molecule has 0 unspecified atom stereocenters. The number of aryl methyl sites for hydroxylation is 1. The zero-order valence-electron chi connectivity index (χ0n) is 12.2. The molecule has 0 atom stereocenters. The van der Waals surface area contributed by atoms with Gasteiger partial charge in [-0.3, -0.25) is 0 Å². The predicted octanol–water partition coefficient (Wildman–Crippen LogP) is 4.48. The number of hydrogen-bond donors (Lipinski definition) is 1. The lowest BCUT2D eigenvalue weighted by Gasteiger charge is -2.14. The van der Waals surface area contributed by atoms with Gasteiger partial charge in [-0.25, -0.2) is 4.39 Å². The van der Waals surface area contributed by atoms with Crippen LogP contribution in [0.25, 0.3) is 0 Å². The number of rotatable bonds is 6. The van der Waals surface area contributed by atoms with Crippen molar-refractivity contribution in [2.24, 2.45) is 0 Å². The van der Waals surface area contributed by atoms with Gasteiger partial charge in [-0.15, -0.1) is 0 Å². The highest BCUT2D eigenvalue weighted by molar-refractivity contribution is 6.31. The Bertz CT molecular complexity index is 616. The van der Waals surface area contributed by atoms with Gasteiger partial charge in [0.05, 0.1) is 0 Å². The van der Waals surface area contributed by atoms with Crippen LogP contribution in [0.5, 0.6) is 5.75 Å². The number of ether oxygens (including phenoxy) is 1. The maximum absolute atomic E-state index is 13.3. The average molecular weight is 308 g/mol. The van der Waals surface area contributed by atoms with E-state index >= 15 is 0 Å². The third kappa shape index (κ3) is 4.19. The Labute approximate surface area is 129 Å². The minimum absolute atomic E-state index is 0.252. The molecule has 0 bridgehead atoms. The first-order valence-corrected chi connectivity index (χ1v) is 7.35. The molecule has 0 saturated carbocycles. The lowest BCUT2D eigenvalue weighted by atomic mass is 10.1. The SMILES string of the molecule is CCNCc1c(Cl)cccc1OCc1cc(F)ccc1C. The minimum Gasteiger partial charge on any atom is -0.489 e. The Kier molecular flexibility index (Phi) is 5.59. The molecule has 0 spiro atoms. The summed E-state index contributed by atoms with van der Waals surface area (Å²) in [7, 11) is 0. The van der Waals surface area contributed by atoms with E-state index in [1.54, 1.807) is 6.07 Å². The van der Waals surface area contributed by atoms with Crippen LogP contribution in [0, 0.1) is 12.7 Å². The van der Waals surface area contributed by atoms with Gasteiger partial charge < -0.3 is 10.1 Å². The zero-order valence-corrected chi connectivity index (χ0v) is 13.0. The van der Waals surface area contributed by atoms with Gasteiger partial charge in [-0.2, -0.15) is 0 Å². The second-order valence-corrected chi connectivity index (χ2v) is 5.26. The fraction of sp³-hybridized carbons (Fsp3) is 0.294. The molecule has 112 valence electrons. The van der Waals surface area contributed by atoms with E-state index < -0.39 is 0 Å². The molecule has 0 aliphatic heterocycles. The minimum atomic E-state index is -0.252. The monoisotopic (exact) mass is 307 g/mol. The van der Waals surface area contributed by atoms with E-state index in [9.17, 15) is 4.39 Å². The van der Waals surface area contributed by atoms with Gasteiger partial charge in [-0.05, 0) is 48.9 Å². The van der Waals surface area contributed by atoms with E-state index in [4.69, 9.17) is 16.3 Å². The molecular weight excluding hydrogens is 289 g/mol. The zero-order chi connectivity index (χ0) is 15.2. The van der Waals surface area contributed by atoms with E-state index in [0.29, 0.717) is 18.2 Å². The number of hydrogen-bond acceptors (Lipinski definition) is 2. The first-order valence-electron chi connectivity index (χ1n) is 6.97. The molecule has 2 rings (SSSR count). The molecule has 0 saturated heterocycles. The molecular formula is C17H19ClFNO. The highest BCUT2D eigenvalue weighted by Crippen LogP contribution is 2.27. The smallest absolute Gasteiger partial charge is 0.125 e. The Morgan fingerprint density at radius 2 is 2.05 bits per heavy atom. The van der Waals surface area contributed by atoms with Crippen molar-refractivity contribution in [3.8, 4) is 5.75 Å². The van der Waals surface area contributed by atoms with Crippen LogP contribution < -0.4 is 10.1 Å². The van der Waals surface area contributed by atoms with Crippen molar-refractivity contribution in [3.05, 3.63) is 63.9 Å². The number of nitrogens with one attached hydrogen (secondary N) is 1. The number of halogens is 2. The summed E-state index contributed by atoms with van der Waals surface area (Å²) in [6.07, 6.45) is 0. The Morgan fingerprint density at radius 1 is 1.24 bits per heavy atom. The van der Waals surface area contributed by atoms with Crippen LogP contribution in [0.4, 0.5) is 4.39 Å².